The zero-order valence-corrected chi connectivity index (χ0v) is 12.7. The molecule has 108 valence electrons. The lowest BCUT2D eigenvalue weighted by atomic mass is 10.0. The first-order chi connectivity index (χ1) is 9.60. The molecule has 0 fully saturated rings. The molecule has 1 aromatic heterocycles. The van der Waals surface area contributed by atoms with Crippen LogP contribution in [0, 0.1) is 0 Å². The summed E-state index contributed by atoms with van der Waals surface area (Å²) in [5, 5.41) is 0.743. The van der Waals surface area contributed by atoms with Crippen molar-refractivity contribution < 1.29 is 4.42 Å². The van der Waals surface area contributed by atoms with E-state index < -0.39 is 0 Å². The van der Waals surface area contributed by atoms with Crippen molar-refractivity contribution in [1.82, 2.24) is 0 Å². The lowest BCUT2D eigenvalue weighted by Gasteiger charge is -2.23. The zero-order chi connectivity index (χ0) is 14.5. The summed E-state index contributed by atoms with van der Waals surface area (Å²) in [5.41, 5.74) is 9.58. The van der Waals surface area contributed by atoms with Crippen LogP contribution >= 0.6 is 11.6 Å². The number of nitrogens with two attached hydrogens (primary N) is 1. The summed E-state index contributed by atoms with van der Waals surface area (Å²) in [4.78, 5) is 2.18. The Morgan fingerprint density at radius 1 is 1.35 bits per heavy atom. The molecule has 0 spiro atoms. The summed E-state index contributed by atoms with van der Waals surface area (Å²) in [5.74, 6) is 0. The van der Waals surface area contributed by atoms with Gasteiger partial charge < -0.3 is 15.1 Å². The highest BCUT2D eigenvalue weighted by Gasteiger charge is 2.12. The van der Waals surface area contributed by atoms with E-state index in [1.165, 1.54) is 5.56 Å². The lowest BCUT2D eigenvalue weighted by Crippen LogP contribution is -2.24. The van der Waals surface area contributed by atoms with Crippen LogP contribution in [0.4, 0.5) is 5.69 Å². The monoisotopic (exact) mass is 292 g/mol. The average molecular weight is 293 g/mol. The Morgan fingerprint density at radius 3 is 2.80 bits per heavy atom. The van der Waals surface area contributed by atoms with Crippen molar-refractivity contribution in [2.24, 2.45) is 5.73 Å². The Balaban J connectivity index is 2.21. The van der Waals surface area contributed by atoms with Crippen LogP contribution in [0.2, 0.25) is 5.02 Å². The molecular formula is C16H21ClN2O. The molecule has 1 heterocycles. The summed E-state index contributed by atoms with van der Waals surface area (Å²) in [6.45, 7) is 2.89. The normalized spacial score (nSPS) is 12.4. The van der Waals surface area contributed by atoms with Gasteiger partial charge in [0.15, 0.2) is 0 Å². The van der Waals surface area contributed by atoms with Gasteiger partial charge in [0.25, 0.3) is 0 Å². The topological polar surface area (TPSA) is 42.4 Å². The average Bonchev–Trinajstić information content (AvgIpc) is 2.93. The third kappa shape index (κ3) is 3.78. The van der Waals surface area contributed by atoms with Gasteiger partial charge in [0, 0.05) is 35.9 Å². The van der Waals surface area contributed by atoms with Crippen LogP contribution in [0.1, 0.15) is 24.5 Å². The maximum absolute atomic E-state index is 6.14. The van der Waals surface area contributed by atoms with Crippen LogP contribution in [0.3, 0.4) is 0 Å². The Hall–Kier alpha value is -1.45. The molecule has 0 radical (unpaired) electrons. The lowest BCUT2D eigenvalue weighted by molar-refractivity contribution is 0.563. The van der Waals surface area contributed by atoms with Crippen LogP contribution in [0.15, 0.2) is 41.2 Å². The molecule has 0 amide bonds. The maximum atomic E-state index is 6.14. The zero-order valence-electron chi connectivity index (χ0n) is 12.0. The highest BCUT2D eigenvalue weighted by atomic mass is 35.5. The van der Waals surface area contributed by atoms with Crippen molar-refractivity contribution >= 4 is 17.3 Å². The highest BCUT2D eigenvalue weighted by Crippen LogP contribution is 2.26. The quantitative estimate of drug-likeness (QED) is 0.879. The number of benzene rings is 1. The van der Waals surface area contributed by atoms with Crippen LogP contribution in [-0.4, -0.2) is 13.1 Å². The van der Waals surface area contributed by atoms with Crippen LogP contribution in [0.25, 0.3) is 0 Å². The van der Waals surface area contributed by atoms with Gasteiger partial charge in [-0.3, -0.25) is 0 Å². The van der Waals surface area contributed by atoms with Gasteiger partial charge in [0.1, 0.15) is 0 Å². The molecule has 20 heavy (non-hydrogen) atoms. The molecule has 0 aliphatic rings. The summed E-state index contributed by atoms with van der Waals surface area (Å²) >= 11 is 6.14. The SMILES string of the molecule is CCC(N)Cc1ccc(Cl)cc1N(C)Cc1ccoc1. The van der Waals surface area contributed by atoms with Crippen LogP contribution in [-0.2, 0) is 13.0 Å². The number of hydrogen-bond donors (Lipinski definition) is 1. The van der Waals surface area contributed by atoms with Crippen LogP contribution < -0.4 is 10.6 Å². The van der Waals surface area contributed by atoms with Gasteiger partial charge in [0.2, 0.25) is 0 Å². The minimum Gasteiger partial charge on any atom is -0.472 e. The van der Waals surface area contributed by atoms with E-state index in [4.69, 9.17) is 21.8 Å². The first-order valence-corrected chi connectivity index (χ1v) is 7.24. The molecule has 0 aliphatic carbocycles. The van der Waals surface area contributed by atoms with E-state index in [1.54, 1.807) is 12.5 Å². The standard InChI is InChI=1S/C16H21ClN2O/c1-3-15(18)8-13-4-5-14(17)9-16(13)19(2)10-12-6-7-20-11-12/h4-7,9,11,15H,3,8,10,18H2,1-2H3. The van der Waals surface area contributed by atoms with Gasteiger partial charge in [-0.2, -0.15) is 0 Å². The Kier molecular flexibility index (Phi) is 5.10. The maximum Gasteiger partial charge on any atom is 0.0952 e. The number of anilines is 1. The fourth-order valence-corrected chi connectivity index (χ4v) is 2.40. The van der Waals surface area contributed by atoms with E-state index in [-0.39, 0.29) is 6.04 Å². The van der Waals surface area contributed by atoms with Crippen molar-refractivity contribution in [2.45, 2.75) is 32.4 Å². The van der Waals surface area contributed by atoms with Gasteiger partial charge in [0.05, 0.1) is 12.5 Å². The minimum atomic E-state index is 0.178. The van der Waals surface area contributed by atoms with E-state index in [0.717, 1.165) is 35.7 Å². The van der Waals surface area contributed by atoms with Gasteiger partial charge in [-0.15, -0.1) is 0 Å². The number of nitrogens with zero attached hydrogens (tertiary/aromatic N) is 1. The molecule has 2 N–H and O–H groups in total. The smallest absolute Gasteiger partial charge is 0.0952 e. The van der Waals surface area contributed by atoms with Gasteiger partial charge in [-0.05, 0) is 36.6 Å². The summed E-state index contributed by atoms with van der Waals surface area (Å²) < 4.78 is 5.11. The second-order valence-electron chi connectivity index (χ2n) is 5.13. The van der Waals surface area contributed by atoms with Crippen molar-refractivity contribution in [1.29, 1.82) is 0 Å². The molecule has 1 aromatic carbocycles. The molecule has 2 aromatic rings. The molecule has 0 bridgehead atoms. The molecule has 0 aliphatic heterocycles. The van der Waals surface area contributed by atoms with Crippen molar-refractivity contribution in [2.75, 3.05) is 11.9 Å². The molecule has 0 saturated carbocycles. The van der Waals surface area contributed by atoms with E-state index in [9.17, 15) is 0 Å². The first kappa shape index (κ1) is 14.9. The third-order valence-corrected chi connectivity index (χ3v) is 3.70. The molecular weight excluding hydrogens is 272 g/mol. The summed E-state index contributed by atoms with van der Waals surface area (Å²) in [6, 6.07) is 8.14. The Labute approximate surface area is 125 Å². The Bertz CT molecular complexity index is 539. The summed E-state index contributed by atoms with van der Waals surface area (Å²) in [7, 11) is 2.06. The third-order valence-electron chi connectivity index (χ3n) is 3.46. The number of furan rings is 1. The molecule has 3 nitrogen and oxygen atoms in total. The number of hydrogen-bond acceptors (Lipinski definition) is 3. The molecule has 0 saturated heterocycles. The largest absolute Gasteiger partial charge is 0.472 e. The fraction of sp³-hybridized carbons (Fsp3) is 0.375. The van der Waals surface area contributed by atoms with Gasteiger partial charge in [-0.25, -0.2) is 0 Å². The van der Waals surface area contributed by atoms with E-state index >= 15 is 0 Å². The van der Waals surface area contributed by atoms with Crippen molar-refractivity contribution in [3.05, 3.63) is 52.9 Å². The number of rotatable bonds is 6. The summed E-state index contributed by atoms with van der Waals surface area (Å²) in [6.07, 6.45) is 5.28. The second-order valence-corrected chi connectivity index (χ2v) is 5.57. The Morgan fingerprint density at radius 2 is 2.15 bits per heavy atom. The second kappa shape index (κ2) is 6.82. The molecule has 1 unspecified atom stereocenters. The predicted octanol–water partition coefficient (Wildman–Crippen LogP) is 3.85. The molecule has 2 rings (SSSR count). The molecule has 1 atom stereocenters. The number of halogens is 1. The van der Waals surface area contributed by atoms with E-state index in [2.05, 4.69) is 24.9 Å². The minimum absolute atomic E-state index is 0.178. The van der Waals surface area contributed by atoms with Crippen molar-refractivity contribution in [3.8, 4) is 0 Å². The fourth-order valence-electron chi connectivity index (χ4n) is 2.23. The van der Waals surface area contributed by atoms with Crippen molar-refractivity contribution in [3.63, 3.8) is 0 Å². The van der Waals surface area contributed by atoms with Crippen LogP contribution in [0.5, 0.6) is 0 Å². The van der Waals surface area contributed by atoms with E-state index in [0.29, 0.717) is 0 Å². The predicted molar refractivity (Wildman–Crippen MR) is 84.2 cm³/mol. The van der Waals surface area contributed by atoms with E-state index in [1.807, 2.05) is 18.2 Å². The van der Waals surface area contributed by atoms with Gasteiger partial charge in [-0.1, -0.05) is 24.6 Å². The highest BCUT2D eigenvalue weighted by molar-refractivity contribution is 6.30. The first-order valence-electron chi connectivity index (χ1n) is 6.86. The van der Waals surface area contributed by atoms with Gasteiger partial charge >= 0.3 is 0 Å². The molecule has 4 heteroatoms.